The number of phenolic OH excluding ortho intramolecular Hbond substituents is 1. The van der Waals surface area contributed by atoms with Crippen molar-refractivity contribution in [2.75, 3.05) is 25.4 Å². The van der Waals surface area contributed by atoms with E-state index in [-0.39, 0.29) is 10.7 Å². The third-order valence-corrected chi connectivity index (χ3v) is 9.01. The number of hydrogen-bond acceptors (Lipinski definition) is 4. The average molecular weight is 606 g/mol. The minimum absolute atomic E-state index is 0.134. The second-order valence-electron chi connectivity index (χ2n) is 12.0. The SMILES string of the molecule is C=C(CC(F)(F)F)S(=O)CCCN(CCCCCCC1=C(c2ccccc2)CCCc2cc(O)ccc21)CC(C)(C)O. The molecule has 0 bridgehead atoms. The molecule has 2 aromatic carbocycles. The molecular weight excluding hydrogens is 559 g/mol. The Morgan fingerprint density at radius 2 is 1.67 bits per heavy atom. The lowest BCUT2D eigenvalue weighted by Crippen LogP contribution is -2.40. The Balaban J connectivity index is 1.54. The number of allylic oxidation sites excluding steroid dienone is 3. The molecule has 0 spiro atoms. The first-order valence-electron chi connectivity index (χ1n) is 15.0. The molecule has 42 heavy (non-hydrogen) atoms. The van der Waals surface area contributed by atoms with Crippen LogP contribution >= 0.6 is 0 Å². The minimum Gasteiger partial charge on any atom is -0.508 e. The molecule has 0 amide bonds. The van der Waals surface area contributed by atoms with Crippen molar-refractivity contribution in [3.8, 4) is 5.75 Å². The lowest BCUT2D eigenvalue weighted by atomic mass is 9.89. The predicted octanol–water partition coefficient (Wildman–Crippen LogP) is 8.27. The predicted molar refractivity (Wildman–Crippen MR) is 168 cm³/mol. The Morgan fingerprint density at radius 1 is 0.976 bits per heavy atom. The number of benzene rings is 2. The first-order chi connectivity index (χ1) is 19.8. The molecule has 0 heterocycles. The van der Waals surface area contributed by atoms with Crippen LogP contribution in [0.1, 0.15) is 88.3 Å². The van der Waals surface area contributed by atoms with E-state index < -0.39 is 29.0 Å². The van der Waals surface area contributed by atoms with E-state index in [1.807, 2.05) is 12.1 Å². The first-order valence-corrected chi connectivity index (χ1v) is 16.3. The zero-order valence-electron chi connectivity index (χ0n) is 25.0. The van der Waals surface area contributed by atoms with Crippen molar-refractivity contribution >= 4 is 21.9 Å². The van der Waals surface area contributed by atoms with Gasteiger partial charge in [0.05, 0.1) is 12.0 Å². The van der Waals surface area contributed by atoms with E-state index in [1.54, 1.807) is 19.9 Å². The van der Waals surface area contributed by atoms with E-state index in [0.29, 0.717) is 25.3 Å². The van der Waals surface area contributed by atoms with E-state index in [0.717, 1.165) is 57.9 Å². The summed E-state index contributed by atoms with van der Waals surface area (Å²) in [5.74, 6) is 0.444. The van der Waals surface area contributed by atoms with Gasteiger partial charge in [0.15, 0.2) is 0 Å². The molecule has 1 aliphatic carbocycles. The Kier molecular flexibility index (Phi) is 12.9. The Morgan fingerprint density at radius 3 is 2.36 bits per heavy atom. The van der Waals surface area contributed by atoms with Crippen LogP contribution in [0.25, 0.3) is 11.1 Å². The molecule has 2 aromatic rings. The number of alkyl halides is 3. The van der Waals surface area contributed by atoms with E-state index >= 15 is 0 Å². The second kappa shape index (κ2) is 15.9. The fourth-order valence-electron chi connectivity index (χ4n) is 5.77. The maximum atomic E-state index is 12.6. The van der Waals surface area contributed by atoms with Gasteiger partial charge in [0.1, 0.15) is 5.75 Å². The maximum Gasteiger partial charge on any atom is 0.393 e. The largest absolute Gasteiger partial charge is 0.508 e. The Bertz CT molecular complexity index is 1220. The molecule has 1 unspecified atom stereocenters. The standard InChI is InChI=1S/C34H46F3NO3S/c1-26(24-34(35,36)37)42(41)22-12-21-38(25-33(2,3)40)20-10-5-4-9-16-32-30(27-13-7-6-8-14-27)17-11-15-28-23-29(39)18-19-31(28)32/h6-8,13-14,18-19,23,39-40H,1,4-5,9-12,15-17,20-22,24-25H2,2-3H3. The summed E-state index contributed by atoms with van der Waals surface area (Å²) in [5, 5.41) is 20.5. The molecule has 232 valence electrons. The molecule has 0 saturated heterocycles. The number of aromatic hydroxyl groups is 1. The van der Waals surface area contributed by atoms with Crippen molar-refractivity contribution in [3.05, 3.63) is 76.7 Å². The molecule has 8 heteroatoms. The first kappa shape index (κ1) is 34.1. The van der Waals surface area contributed by atoms with Crippen molar-refractivity contribution in [1.29, 1.82) is 0 Å². The molecule has 3 rings (SSSR count). The summed E-state index contributed by atoms with van der Waals surface area (Å²) in [5.41, 5.74) is 5.58. The second-order valence-corrected chi connectivity index (χ2v) is 13.7. The van der Waals surface area contributed by atoms with Crippen LogP contribution in [0, 0.1) is 0 Å². The number of halogens is 3. The highest BCUT2D eigenvalue weighted by atomic mass is 32.2. The van der Waals surface area contributed by atoms with Crippen molar-refractivity contribution in [3.63, 3.8) is 0 Å². The van der Waals surface area contributed by atoms with Gasteiger partial charge >= 0.3 is 6.18 Å². The van der Waals surface area contributed by atoms with E-state index in [1.165, 1.54) is 27.8 Å². The maximum absolute atomic E-state index is 12.6. The summed E-state index contributed by atoms with van der Waals surface area (Å²) in [6.45, 7) is 8.62. The number of hydrogen-bond donors (Lipinski definition) is 2. The Labute approximate surface area is 251 Å². The van der Waals surface area contributed by atoms with Gasteiger partial charge in [0.25, 0.3) is 0 Å². The lowest BCUT2D eigenvalue weighted by molar-refractivity contribution is -0.125. The number of fused-ring (bicyclic) bond motifs is 1. The van der Waals surface area contributed by atoms with Gasteiger partial charge in [-0.15, -0.1) is 0 Å². The zero-order chi connectivity index (χ0) is 30.8. The molecule has 0 saturated carbocycles. The number of nitrogens with zero attached hydrogens (tertiary/aromatic N) is 1. The molecular formula is C34H46F3NO3S. The zero-order valence-corrected chi connectivity index (χ0v) is 25.8. The summed E-state index contributed by atoms with van der Waals surface area (Å²) in [6.07, 6.45) is 2.88. The number of rotatable bonds is 16. The number of unbranched alkanes of at least 4 members (excludes halogenated alkanes) is 3. The summed E-state index contributed by atoms with van der Waals surface area (Å²) >= 11 is 0. The molecule has 1 atom stereocenters. The van der Waals surface area contributed by atoms with E-state index in [9.17, 15) is 27.6 Å². The fourth-order valence-corrected chi connectivity index (χ4v) is 6.77. The molecule has 1 aliphatic rings. The molecule has 0 aliphatic heterocycles. The van der Waals surface area contributed by atoms with Gasteiger partial charge in [-0.2, -0.15) is 13.2 Å². The van der Waals surface area contributed by atoms with Gasteiger partial charge in [0, 0.05) is 28.0 Å². The van der Waals surface area contributed by atoms with Crippen LogP contribution in [0.15, 0.2) is 60.0 Å². The smallest absolute Gasteiger partial charge is 0.393 e. The third kappa shape index (κ3) is 11.7. The van der Waals surface area contributed by atoms with Crippen LogP contribution in [0.2, 0.25) is 0 Å². The van der Waals surface area contributed by atoms with Crippen molar-refractivity contribution in [2.45, 2.75) is 89.8 Å². The molecule has 4 nitrogen and oxygen atoms in total. The normalized spacial score (nSPS) is 15.0. The summed E-state index contributed by atoms with van der Waals surface area (Å²) in [6, 6.07) is 16.3. The fraction of sp³-hybridized carbons (Fsp3) is 0.529. The van der Waals surface area contributed by atoms with Gasteiger partial charge in [-0.1, -0.05) is 55.8 Å². The summed E-state index contributed by atoms with van der Waals surface area (Å²) in [7, 11) is -1.72. The minimum atomic E-state index is -4.40. The molecule has 0 radical (unpaired) electrons. The highest BCUT2D eigenvalue weighted by Crippen LogP contribution is 2.39. The molecule has 0 aromatic heterocycles. The number of aryl methyl sites for hydroxylation is 1. The number of phenols is 1. The van der Waals surface area contributed by atoms with Gasteiger partial charge in [-0.3, -0.25) is 4.21 Å². The van der Waals surface area contributed by atoms with Crippen molar-refractivity contribution < 1.29 is 27.6 Å². The average Bonchev–Trinajstić information content (AvgIpc) is 3.08. The highest BCUT2D eigenvalue weighted by Gasteiger charge is 2.30. The van der Waals surface area contributed by atoms with Crippen molar-refractivity contribution in [2.24, 2.45) is 0 Å². The molecule has 0 fully saturated rings. The third-order valence-electron chi connectivity index (χ3n) is 7.56. The van der Waals surface area contributed by atoms with Gasteiger partial charge in [-0.25, -0.2) is 0 Å². The van der Waals surface area contributed by atoms with Crippen LogP contribution in [0.3, 0.4) is 0 Å². The highest BCUT2D eigenvalue weighted by molar-refractivity contribution is 7.88. The van der Waals surface area contributed by atoms with E-state index in [4.69, 9.17) is 0 Å². The van der Waals surface area contributed by atoms with Gasteiger partial charge < -0.3 is 15.1 Å². The monoisotopic (exact) mass is 605 g/mol. The number of aliphatic hydroxyl groups is 1. The van der Waals surface area contributed by atoms with Gasteiger partial charge in [-0.05, 0) is 112 Å². The van der Waals surface area contributed by atoms with Crippen LogP contribution < -0.4 is 0 Å². The van der Waals surface area contributed by atoms with Crippen LogP contribution in [0.5, 0.6) is 5.75 Å². The molecule has 2 N–H and O–H groups in total. The van der Waals surface area contributed by atoms with Gasteiger partial charge in [0.2, 0.25) is 0 Å². The van der Waals surface area contributed by atoms with Crippen LogP contribution in [-0.4, -0.2) is 56.5 Å². The summed E-state index contributed by atoms with van der Waals surface area (Å²) in [4.78, 5) is 1.84. The quantitative estimate of drug-likeness (QED) is 0.189. The lowest BCUT2D eigenvalue weighted by Gasteiger charge is -2.29. The Hall–Kier alpha value is -2.42. The van der Waals surface area contributed by atoms with E-state index in [2.05, 4.69) is 41.8 Å². The topological polar surface area (TPSA) is 60.8 Å². The van der Waals surface area contributed by atoms with Crippen LogP contribution in [0.4, 0.5) is 13.2 Å². The summed E-state index contributed by atoms with van der Waals surface area (Å²) < 4.78 is 50.0. The van der Waals surface area contributed by atoms with Crippen LogP contribution in [-0.2, 0) is 17.2 Å². The van der Waals surface area contributed by atoms with Crippen molar-refractivity contribution in [1.82, 2.24) is 4.90 Å².